The summed E-state index contributed by atoms with van der Waals surface area (Å²) in [5, 5.41) is 20.1. The molecule has 33 heavy (non-hydrogen) atoms. The van der Waals surface area contributed by atoms with Crippen molar-refractivity contribution in [2.45, 2.75) is 37.4 Å². The van der Waals surface area contributed by atoms with Crippen molar-refractivity contribution in [3.8, 4) is 5.88 Å². The fourth-order valence-corrected chi connectivity index (χ4v) is 3.45. The first-order valence-electron chi connectivity index (χ1n) is 9.39. The highest BCUT2D eigenvalue weighted by molar-refractivity contribution is 7.86. The summed E-state index contributed by atoms with van der Waals surface area (Å²) in [5.74, 6) is -3.36. The summed E-state index contributed by atoms with van der Waals surface area (Å²) in [5.41, 5.74) is 3.22. The van der Waals surface area contributed by atoms with Crippen LogP contribution in [0.15, 0.2) is 38.1 Å². The highest BCUT2D eigenvalue weighted by Gasteiger charge is 2.23. The van der Waals surface area contributed by atoms with Crippen molar-refractivity contribution < 1.29 is 27.7 Å². The average Bonchev–Trinajstić information content (AvgIpc) is 2.72. The van der Waals surface area contributed by atoms with E-state index in [0.717, 1.165) is 16.7 Å². The van der Waals surface area contributed by atoms with Gasteiger partial charge in [0.2, 0.25) is 11.8 Å². The van der Waals surface area contributed by atoms with Crippen molar-refractivity contribution in [1.82, 2.24) is 4.57 Å². The quantitative estimate of drug-likeness (QED) is 0.252. The number of hydrogen-bond acceptors (Lipinski definition) is 8. The van der Waals surface area contributed by atoms with Crippen LogP contribution in [0.3, 0.4) is 0 Å². The second-order valence-electron chi connectivity index (χ2n) is 6.77. The summed E-state index contributed by atoms with van der Waals surface area (Å²) in [4.78, 5) is 35.7. The molecule has 0 aliphatic rings. The number of nitrogens with two attached hydrogens (primary N) is 1. The van der Waals surface area contributed by atoms with Crippen LogP contribution in [0.2, 0.25) is 12.1 Å². The molecule has 2 amide bonds. The van der Waals surface area contributed by atoms with Gasteiger partial charge in [0.05, 0.1) is 15.7 Å². The lowest BCUT2D eigenvalue weighted by atomic mass is 9.76. The molecule has 1 unspecified atom stereocenters. The SMILES string of the molecule is [B]CC([B])C(=O)Nc1ccc(S(=O)(=O)O)c(N=Nc2c(C)c(C(N)=O)c(O)n(CC)c2=O)c1. The van der Waals surface area contributed by atoms with Gasteiger partial charge in [-0.15, -0.1) is 10.2 Å². The lowest BCUT2D eigenvalue weighted by Gasteiger charge is -2.13. The van der Waals surface area contributed by atoms with Gasteiger partial charge in [-0.25, -0.2) is 0 Å². The molecule has 12 nitrogen and oxygen atoms in total. The highest BCUT2D eigenvalue weighted by Crippen LogP contribution is 2.31. The van der Waals surface area contributed by atoms with Crippen LogP contribution in [0.25, 0.3) is 0 Å². The van der Waals surface area contributed by atoms with Crippen LogP contribution in [0.5, 0.6) is 5.88 Å². The second-order valence-corrected chi connectivity index (χ2v) is 8.16. The third-order valence-electron chi connectivity index (χ3n) is 4.57. The molecule has 0 saturated heterocycles. The zero-order valence-corrected chi connectivity index (χ0v) is 18.5. The molecular weight excluding hydrogens is 452 g/mol. The number of carbonyl (C=O) groups excluding carboxylic acids is 2. The van der Waals surface area contributed by atoms with Gasteiger partial charge in [-0.05, 0) is 37.9 Å². The van der Waals surface area contributed by atoms with Gasteiger partial charge in [-0.3, -0.25) is 23.5 Å². The van der Waals surface area contributed by atoms with E-state index in [2.05, 4.69) is 15.5 Å². The van der Waals surface area contributed by atoms with Crippen molar-refractivity contribution in [3.05, 3.63) is 39.7 Å². The van der Waals surface area contributed by atoms with Crippen molar-refractivity contribution in [1.29, 1.82) is 0 Å². The molecular formula is C18H19B2N5O7S. The number of nitrogens with zero attached hydrogens (tertiary/aromatic N) is 3. The summed E-state index contributed by atoms with van der Waals surface area (Å²) in [6.07, 6.45) is -0.145. The van der Waals surface area contributed by atoms with Crippen LogP contribution < -0.4 is 16.6 Å². The lowest BCUT2D eigenvalue weighted by Crippen LogP contribution is -2.25. The molecule has 2 rings (SSSR count). The average molecular weight is 471 g/mol. The Morgan fingerprint density at radius 3 is 2.45 bits per heavy atom. The van der Waals surface area contributed by atoms with E-state index in [-0.39, 0.29) is 29.7 Å². The third-order valence-corrected chi connectivity index (χ3v) is 5.47. The van der Waals surface area contributed by atoms with Crippen LogP contribution in [0.1, 0.15) is 22.8 Å². The van der Waals surface area contributed by atoms with Gasteiger partial charge in [-0.2, -0.15) is 8.42 Å². The number of amides is 2. The smallest absolute Gasteiger partial charge is 0.296 e. The zero-order chi connectivity index (χ0) is 25.1. The first-order chi connectivity index (χ1) is 15.3. The summed E-state index contributed by atoms with van der Waals surface area (Å²) in [6.45, 7) is 2.79. The number of pyridine rings is 1. The van der Waals surface area contributed by atoms with Gasteiger partial charge in [0.1, 0.15) is 16.1 Å². The van der Waals surface area contributed by atoms with E-state index in [0.29, 0.717) is 0 Å². The van der Waals surface area contributed by atoms with E-state index in [4.69, 9.17) is 21.4 Å². The summed E-state index contributed by atoms with van der Waals surface area (Å²) in [6, 6.07) is 3.19. The first-order valence-corrected chi connectivity index (χ1v) is 10.8. The monoisotopic (exact) mass is 471 g/mol. The summed E-state index contributed by atoms with van der Waals surface area (Å²) < 4.78 is 33.8. The Labute approximate surface area is 191 Å². The topological polar surface area (TPSA) is 194 Å². The minimum Gasteiger partial charge on any atom is -0.494 e. The normalized spacial score (nSPS) is 12.6. The molecule has 0 bridgehead atoms. The Kier molecular flexibility index (Phi) is 7.82. The number of nitrogens with one attached hydrogen (secondary N) is 1. The number of carbonyl (C=O) groups is 2. The maximum atomic E-state index is 12.7. The van der Waals surface area contributed by atoms with Crippen molar-refractivity contribution in [2.24, 2.45) is 16.0 Å². The standard InChI is InChI=1S/C18H19B2N5O7S/c1-3-25-17(28)13(15(21)26)8(2)14(18(25)29)24-23-11-6-9(22-16(27)10(20)7-19)4-5-12(11)33(30,31)32/h4-6,10,28H,3,7H2,1-2H3,(H2,21,26)(H,22,27)(H,30,31,32). The van der Waals surface area contributed by atoms with Crippen molar-refractivity contribution in [2.75, 3.05) is 5.32 Å². The Morgan fingerprint density at radius 2 is 1.94 bits per heavy atom. The summed E-state index contributed by atoms with van der Waals surface area (Å²) >= 11 is 0. The molecule has 4 radical (unpaired) electrons. The zero-order valence-electron chi connectivity index (χ0n) is 17.6. The van der Waals surface area contributed by atoms with Crippen LogP contribution in [-0.4, -0.2) is 50.2 Å². The van der Waals surface area contributed by atoms with E-state index in [1.165, 1.54) is 19.9 Å². The second kappa shape index (κ2) is 10.0. The number of rotatable bonds is 8. The Balaban J connectivity index is 2.69. The van der Waals surface area contributed by atoms with Crippen molar-refractivity contribution >= 4 is 54.7 Å². The molecule has 1 aromatic heterocycles. The van der Waals surface area contributed by atoms with Gasteiger partial charge in [0.25, 0.3) is 21.6 Å². The molecule has 5 N–H and O–H groups in total. The predicted molar refractivity (Wildman–Crippen MR) is 120 cm³/mol. The van der Waals surface area contributed by atoms with E-state index < -0.39 is 55.5 Å². The number of aromatic hydroxyl groups is 1. The molecule has 170 valence electrons. The number of primary amides is 1. The van der Waals surface area contributed by atoms with E-state index in [1.807, 2.05) is 0 Å². The van der Waals surface area contributed by atoms with Gasteiger partial charge >= 0.3 is 0 Å². The molecule has 0 aliphatic heterocycles. The van der Waals surface area contributed by atoms with Gasteiger partial charge in [0, 0.05) is 17.8 Å². The van der Waals surface area contributed by atoms with Crippen LogP contribution >= 0.6 is 0 Å². The molecule has 1 heterocycles. The van der Waals surface area contributed by atoms with Gasteiger partial charge < -0.3 is 16.2 Å². The van der Waals surface area contributed by atoms with Crippen molar-refractivity contribution in [3.63, 3.8) is 0 Å². The van der Waals surface area contributed by atoms with Crippen LogP contribution in [-0.2, 0) is 21.5 Å². The maximum Gasteiger partial charge on any atom is 0.296 e. The van der Waals surface area contributed by atoms with E-state index >= 15 is 0 Å². The summed E-state index contributed by atoms with van der Waals surface area (Å²) in [7, 11) is 6.10. The number of benzene rings is 1. The largest absolute Gasteiger partial charge is 0.494 e. The van der Waals surface area contributed by atoms with Gasteiger partial charge in [-0.1, -0.05) is 6.32 Å². The minimum absolute atomic E-state index is 0.0348. The predicted octanol–water partition coefficient (Wildman–Crippen LogP) is 1.13. The molecule has 1 atom stereocenters. The fraction of sp³-hybridized carbons (Fsp3) is 0.278. The lowest BCUT2D eigenvalue weighted by molar-refractivity contribution is -0.115. The molecule has 2 aromatic rings. The number of aromatic nitrogens is 1. The Hall–Kier alpha value is -3.45. The minimum atomic E-state index is -4.77. The van der Waals surface area contributed by atoms with Crippen LogP contribution in [0.4, 0.5) is 17.1 Å². The molecule has 0 aliphatic carbocycles. The van der Waals surface area contributed by atoms with E-state index in [9.17, 15) is 32.5 Å². The third kappa shape index (κ3) is 5.49. The molecule has 0 fully saturated rings. The first kappa shape index (κ1) is 25.8. The van der Waals surface area contributed by atoms with Crippen LogP contribution in [0, 0.1) is 6.92 Å². The number of azo groups is 1. The number of hydrogen-bond donors (Lipinski definition) is 4. The molecule has 15 heteroatoms. The molecule has 0 saturated carbocycles. The van der Waals surface area contributed by atoms with Gasteiger partial charge in [0.15, 0.2) is 5.69 Å². The van der Waals surface area contributed by atoms with E-state index in [1.54, 1.807) is 0 Å². The molecule has 1 aromatic carbocycles. The Morgan fingerprint density at radius 1 is 1.30 bits per heavy atom. The number of anilines is 1. The highest BCUT2D eigenvalue weighted by atomic mass is 32.2. The fourth-order valence-electron chi connectivity index (χ4n) is 2.85. The Bertz CT molecular complexity index is 1310. The molecule has 0 spiro atoms. The maximum absolute atomic E-state index is 12.7.